The fourth-order valence-corrected chi connectivity index (χ4v) is 1.73. The van der Waals surface area contributed by atoms with Gasteiger partial charge in [0.25, 0.3) is 5.91 Å². The fourth-order valence-electron chi connectivity index (χ4n) is 1.73. The molecule has 3 heteroatoms. The summed E-state index contributed by atoms with van der Waals surface area (Å²) >= 11 is 0. The van der Waals surface area contributed by atoms with Gasteiger partial charge in [-0.1, -0.05) is 54.6 Å². The first-order chi connectivity index (χ1) is 8.81. The van der Waals surface area contributed by atoms with E-state index in [9.17, 15) is 4.79 Å². The van der Waals surface area contributed by atoms with Crippen molar-refractivity contribution in [1.29, 1.82) is 0 Å². The smallest absolute Gasteiger partial charge is 0.267 e. The van der Waals surface area contributed by atoms with Crippen LogP contribution in [0.5, 0.6) is 0 Å². The third-order valence-corrected chi connectivity index (χ3v) is 2.57. The van der Waals surface area contributed by atoms with Crippen molar-refractivity contribution >= 4 is 12.0 Å². The van der Waals surface area contributed by atoms with E-state index in [4.69, 9.17) is 5.21 Å². The van der Waals surface area contributed by atoms with Crippen molar-refractivity contribution < 1.29 is 10.0 Å². The van der Waals surface area contributed by atoms with Gasteiger partial charge < -0.3 is 0 Å². The van der Waals surface area contributed by atoms with Crippen LogP contribution in [0.4, 0.5) is 0 Å². The highest BCUT2D eigenvalue weighted by atomic mass is 16.5. The molecule has 2 aromatic carbocycles. The predicted molar refractivity (Wildman–Crippen MR) is 70.8 cm³/mol. The first-order valence-electron chi connectivity index (χ1n) is 5.58. The van der Waals surface area contributed by atoms with Gasteiger partial charge in [-0.2, -0.15) is 0 Å². The Kier molecular flexibility index (Phi) is 3.89. The lowest BCUT2D eigenvalue weighted by molar-refractivity contribution is -0.124. The van der Waals surface area contributed by atoms with Crippen LogP contribution in [-0.4, -0.2) is 11.1 Å². The highest BCUT2D eigenvalue weighted by Crippen LogP contribution is 2.24. The summed E-state index contributed by atoms with van der Waals surface area (Å²) in [7, 11) is 0. The maximum Gasteiger partial charge on any atom is 0.267 e. The molecule has 0 aliphatic rings. The second kappa shape index (κ2) is 5.80. The van der Waals surface area contributed by atoms with E-state index in [1.165, 1.54) is 6.08 Å². The Morgan fingerprint density at radius 1 is 1.00 bits per heavy atom. The van der Waals surface area contributed by atoms with Crippen LogP contribution in [0.25, 0.3) is 17.2 Å². The van der Waals surface area contributed by atoms with Crippen molar-refractivity contribution in [2.75, 3.05) is 0 Å². The topological polar surface area (TPSA) is 49.3 Å². The highest BCUT2D eigenvalue weighted by molar-refractivity contribution is 5.92. The normalized spacial score (nSPS) is 10.5. The zero-order valence-electron chi connectivity index (χ0n) is 9.71. The summed E-state index contributed by atoms with van der Waals surface area (Å²) < 4.78 is 0. The number of rotatable bonds is 3. The van der Waals surface area contributed by atoms with Gasteiger partial charge in [0.2, 0.25) is 0 Å². The molecule has 0 radical (unpaired) electrons. The molecule has 1 amide bonds. The summed E-state index contributed by atoms with van der Waals surface area (Å²) in [5, 5.41) is 8.45. The summed E-state index contributed by atoms with van der Waals surface area (Å²) in [6, 6.07) is 17.7. The van der Waals surface area contributed by atoms with Gasteiger partial charge in [-0.25, -0.2) is 5.48 Å². The molecular weight excluding hydrogens is 226 g/mol. The Labute approximate surface area is 105 Å². The average Bonchev–Trinajstić information content (AvgIpc) is 2.46. The third-order valence-electron chi connectivity index (χ3n) is 2.57. The molecule has 90 valence electrons. The standard InChI is InChI=1S/C15H13NO2/c17-15(16-18)11-10-13-8-4-5-9-14(13)12-6-2-1-3-7-12/h1-11,18H,(H,16,17)/b11-10+. The average molecular weight is 239 g/mol. The van der Waals surface area contributed by atoms with Crippen LogP contribution >= 0.6 is 0 Å². The van der Waals surface area contributed by atoms with Crippen molar-refractivity contribution in [2.24, 2.45) is 0 Å². The molecule has 0 unspecified atom stereocenters. The molecule has 0 atom stereocenters. The lowest BCUT2D eigenvalue weighted by atomic mass is 9.99. The van der Waals surface area contributed by atoms with E-state index in [1.807, 2.05) is 54.6 Å². The van der Waals surface area contributed by atoms with Crippen LogP contribution in [0.3, 0.4) is 0 Å². The quantitative estimate of drug-likeness (QED) is 0.491. The molecule has 0 saturated carbocycles. The molecule has 2 aromatic rings. The van der Waals surface area contributed by atoms with E-state index in [1.54, 1.807) is 11.6 Å². The van der Waals surface area contributed by atoms with Crippen LogP contribution < -0.4 is 5.48 Å². The third kappa shape index (κ3) is 2.84. The highest BCUT2D eigenvalue weighted by Gasteiger charge is 2.01. The van der Waals surface area contributed by atoms with Crippen molar-refractivity contribution in [2.45, 2.75) is 0 Å². The molecule has 18 heavy (non-hydrogen) atoms. The number of carbonyl (C=O) groups is 1. The molecule has 0 aliphatic carbocycles. The summed E-state index contributed by atoms with van der Waals surface area (Å²) in [6.45, 7) is 0. The van der Waals surface area contributed by atoms with Gasteiger partial charge in [0.1, 0.15) is 0 Å². The zero-order chi connectivity index (χ0) is 12.8. The molecule has 0 bridgehead atoms. The Morgan fingerprint density at radius 2 is 1.67 bits per heavy atom. The van der Waals surface area contributed by atoms with E-state index in [2.05, 4.69) is 0 Å². The van der Waals surface area contributed by atoms with E-state index in [0.29, 0.717) is 0 Å². The molecule has 0 heterocycles. The van der Waals surface area contributed by atoms with Crippen LogP contribution in [0.2, 0.25) is 0 Å². The molecule has 2 rings (SSSR count). The van der Waals surface area contributed by atoms with Crippen LogP contribution in [0.15, 0.2) is 60.7 Å². The Bertz CT molecular complexity index is 562. The van der Waals surface area contributed by atoms with Crippen LogP contribution in [-0.2, 0) is 4.79 Å². The summed E-state index contributed by atoms with van der Waals surface area (Å²) in [5.41, 5.74) is 4.62. The number of hydrogen-bond donors (Lipinski definition) is 2. The van der Waals surface area contributed by atoms with Gasteiger partial charge in [-0.3, -0.25) is 10.0 Å². The van der Waals surface area contributed by atoms with Crippen LogP contribution in [0, 0.1) is 0 Å². The SMILES string of the molecule is O=C(/C=C/c1ccccc1-c1ccccc1)NO. The number of benzene rings is 2. The molecule has 3 nitrogen and oxygen atoms in total. The van der Waals surface area contributed by atoms with Crippen LogP contribution in [0.1, 0.15) is 5.56 Å². The molecule has 0 aliphatic heterocycles. The number of amides is 1. The second-order valence-electron chi connectivity index (χ2n) is 3.76. The first-order valence-corrected chi connectivity index (χ1v) is 5.58. The van der Waals surface area contributed by atoms with Crippen molar-refractivity contribution in [1.82, 2.24) is 5.48 Å². The van der Waals surface area contributed by atoms with Gasteiger partial charge in [-0.05, 0) is 22.8 Å². The first kappa shape index (κ1) is 12.1. The number of hydrogen-bond acceptors (Lipinski definition) is 2. The van der Waals surface area contributed by atoms with Gasteiger partial charge in [0.15, 0.2) is 0 Å². The monoisotopic (exact) mass is 239 g/mol. The van der Waals surface area contributed by atoms with E-state index >= 15 is 0 Å². The number of hydroxylamine groups is 1. The maximum atomic E-state index is 11.0. The van der Waals surface area contributed by atoms with Gasteiger partial charge in [0, 0.05) is 6.08 Å². The predicted octanol–water partition coefficient (Wildman–Crippen LogP) is 2.87. The van der Waals surface area contributed by atoms with Crippen molar-refractivity contribution in [3.8, 4) is 11.1 Å². The summed E-state index contributed by atoms with van der Waals surface area (Å²) in [4.78, 5) is 11.0. The molecule has 0 fully saturated rings. The largest absolute Gasteiger partial charge is 0.288 e. The van der Waals surface area contributed by atoms with Gasteiger partial charge in [-0.15, -0.1) is 0 Å². The lowest BCUT2D eigenvalue weighted by Gasteiger charge is -2.05. The van der Waals surface area contributed by atoms with E-state index < -0.39 is 5.91 Å². The summed E-state index contributed by atoms with van der Waals surface area (Å²) in [5.74, 6) is -0.544. The zero-order valence-corrected chi connectivity index (χ0v) is 9.71. The van der Waals surface area contributed by atoms with Crippen molar-refractivity contribution in [3.05, 3.63) is 66.2 Å². The molecule has 0 saturated heterocycles. The van der Waals surface area contributed by atoms with Gasteiger partial charge in [0.05, 0.1) is 0 Å². The maximum absolute atomic E-state index is 11.0. The van der Waals surface area contributed by atoms with E-state index in [-0.39, 0.29) is 0 Å². The minimum Gasteiger partial charge on any atom is -0.288 e. The Balaban J connectivity index is 2.38. The van der Waals surface area contributed by atoms with Crippen molar-refractivity contribution in [3.63, 3.8) is 0 Å². The van der Waals surface area contributed by atoms with E-state index in [0.717, 1.165) is 16.7 Å². The lowest BCUT2D eigenvalue weighted by Crippen LogP contribution is -2.14. The summed E-state index contributed by atoms with van der Waals surface area (Å²) in [6.07, 6.45) is 2.97. The number of nitrogens with one attached hydrogen (secondary N) is 1. The molecular formula is C15H13NO2. The molecule has 0 spiro atoms. The number of carbonyl (C=O) groups excluding carboxylic acids is 1. The minimum absolute atomic E-state index is 0.544. The molecule has 0 aromatic heterocycles. The Hall–Kier alpha value is -2.39. The molecule has 2 N–H and O–H groups in total. The fraction of sp³-hybridized carbons (Fsp3) is 0. The van der Waals surface area contributed by atoms with Gasteiger partial charge >= 0.3 is 0 Å². The second-order valence-corrected chi connectivity index (χ2v) is 3.76. The minimum atomic E-state index is -0.544. The Morgan fingerprint density at radius 3 is 2.39 bits per heavy atom.